The molecule has 0 atom stereocenters. The highest BCUT2D eigenvalue weighted by atomic mass is 35.5. The average Bonchev–Trinajstić information content (AvgIpc) is 3.15. The second kappa shape index (κ2) is 10.4. The fraction of sp³-hybridized carbons (Fsp3) is 0.182. The first kappa shape index (κ1) is 24.6. The molecule has 4 aromatic rings. The van der Waals surface area contributed by atoms with Gasteiger partial charge in [0, 0.05) is 49.0 Å². The van der Waals surface area contributed by atoms with Crippen molar-refractivity contribution in [1.82, 2.24) is 20.1 Å². The SMILES string of the molecule is CN(C)c1nc(Nc2ccc(N=[n+]3[nH]c(=O)/c(=C/c4ccc(Cl)cc4Cl)s3)cc2)nc(N(C)C)n1. The van der Waals surface area contributed by atoms with Gasteiger partial charge < -0.3 is 15.1 Å². The van der Waals surface area contributed by atoms with Crippen molar-refractivity contribution in [3.8, 4) is 0 Å². The lowest BCUT2D eigenvalue weighted by Gasteiger charge is -2.16. The van der Waals surface area contributed by atoms with Crippen molar-refractivity contribution >= 4 is 70.0 Å². The van der Waals surface area contributed by atoms with Crippen LogP contribution < -0.4 is 29.1 Å². The molecule has 13 heteroatoms. The molecule has 0 aliphatic carbocycles. The number of anilines is 4. The first-order valence-electron chi connectivity index (χ1n) is 10.3. The fourth-order valence-corrected chi connectivity index (χ4v) is 4.07. The molecule has 0 bridgehead atoms. The van der Waals surface area contributed by atoms with Crippen molar-refractivity contribution in [1.29, 1.82) is 0 Å². The van der Waals surface area contributed by atoms with Crippen LogP contribution in [0.4, 0.5) is 29.2 Å². The van der Waals surface area contributed by atoms with Crippen LogP contribution in [0.15, 0.2) is 52.4 Å². The van der Waals surface area contributed by atoms with Crippen LogP contribution in [0, 0.1) is 0 Å². The van der Waals surface area contributed by atoms with Crippen molar-refractivity contribution in [2.45, 2.75) is 0 Å². The quantitative estimate of drug-likeness (QED) is 0.368. The lowest BCUT2D eigenvalue weighted by atomic mass is 10.2. The third kappa shape index (κ3) is 6.13. The van der Waals surface area contributed by atoms with E-state index >= 15 is 0 Å². The van der Waals surface area contributed by atoms with E-state index in [2.05, 4.69) is 30.5 Å². The van der Waals surface area contributed by atoms with E-state index in [9.17, 15) is 4.79 Å². The van der Waals surface area contributed by atoms with E-state index in [1.165, 1.54) is 3.87 Å². The van der Waals surface area contributed by atoms with Gasteiger partial charge in [-0.25, -0.2) is 0 Å². The Morgan fingerprint density at radius 2 is 1.66 bits per heavy atom. The fourth-order valence-electron chi connectivity index (χ4n) is 2.85. The predicted molar refractivity (Wildman–Crippen MR) is 140 cm³/mol. The van der Waals surface area contributed by atoms with E-state index in [1.807, 2.05) is 62.3 Å². The molecule has 0 unspecified atom stereocenters. The van der Waals surface area contributed by atoms with Gasteiger partial charge in [-0.2, -0.15) is 15.0 Å². The van der Waals surface area contributed by atoms with Crippen LogP contribution >= 0.6 is 34.7 Å². The largest absolute Gasteiger partial charge is 0.347 e. The zero-order valence-electron chi connectivity index (χ0n) is 19.3. The van der Waals surface area contributed by atoms with Crippen LogP contribution in [0.25, 0.3) is 6.08 Å². The van der Waals surface area contributed by atoms with Gasteiger partial charge in [-0.1, -0.05) is 34.4 Å². The maximum atomic E-state index is 12.4. The maximum absolute atomic E-state index is 12.4. The summed E-state index contributed by atoms with van der Waals surface area (Å²) < 4.78 is 1.86. The normalized spacial score (nSPS) is 12.2. The standard InChI is InChI=1S/C22H21Cl2N9OS/c1-31(2)21-26-20(27-22(28-21)32(3)4)25-15-7-9-16(10-8-15)29-33-30-19(34)18(35-33)11-13-5-6-14(23)12-17(13)24/h5-12H,1-4H3,(H,30,34)/p+1/b18-11-. The summed E-state index contributed by atoms with van der Waals surface area (Å²) in [7, 11) is 7.48. The molecule has 2 aromatic carbocycles. The molecular weight excluding hydrogens is 509 g/mol. The Morgan fingerprint density at radius 3 is 2.26 bits per heavy atom. The molecule has 4 rings (SSSR count). The number of nitrogens with one attached hydrogen (secondary N) is 2. The van der Waals surface area contributed by atoms with Crippen LogP contribution in [-0.4, -0.2) is 48.2 Å². The number of benzene rings is 2. The highest BCUT2D eigenvalue weighted by Crippen LogP contribution is 2.22. The summed E-state index contributed by atoms with van der Waals surface area (Å²) in [6.45, 7) is 0. The Hall–Kier alpha value is -3.54. The molecule has 2 aromatic heterocycles. The average molecular weight is 531 g/mol. The summed E-state index contributed by atoms with van der Waals surface area (Å²) >= 11 is 13.3. The molecule has 10 nitrogen and oxygen atoms in total. The molecule has 0 amide bonds. The van der Waals surface area contributed by atoms with Gasteiger partial charge in [-0.05, 0) is 48.0 Å². The summed E-state index contributed by atoms with van der Waals surface area (Å²) in [5, 5.41) is 11.3. The van der Waals surface area contributed by atoms with Gasteiger partial charge in [-0.3, -0.25) is 4.79 Å². The van der Waals surface area contributed by atoms with Gasteiger partial charge in [0.1, 0.15) is 9.56 Å². The molecule has 0 saturated heterocycles. The lowest BCUT2D eigenvalue weighted by molar-refractivity contribution is -0.537. The number of aromatic amines is 1. The van der Waals surface area contributed by atoms with Gasteiger partial charge in [0.2, 0.25) is 29.4 Å². The lowest BCUT2D eigenvalue weighted by Crippen LogP contribution is -2.22. The molecule has 0 spiro atoms. The Morgan fingerprint density at radius 1 is 1.00 bits per heavy atom. The van der Waals surface area contributed by atoms with E-state index in [1.54, 1.807) is 24.3 Å². The minimum absolute atomic E-state index is 0.272. The highest BCUT2D eigenvalue weighted by molar-refractivity contribution is 6.99. The molecule has 0 fully saturated rings. The first-order chi connectivity index (χ1) is 16.7. The van der Waals surface area contributed by atoms with Gasteiger partial charge in [0.15, 0.2) is 4.53 Å². The first-order valence-corrected chi connectivity index (χ1v) is 11.9. The number of hydrogen-bond acceptors (Lipinski definition) is 9. The molecule has 2 heterocycles. The molecular formula is C22H22Cl2N9OS+. The minimum atomic E-state index is -0.272. The van der Waals surface area contributed by atoms with E-state index < -0.39 is 0 Å². The van der Waals surface area contributed by atoms with E-state index in [-0.39, 0.29) is 5.56 Å². The van der Waals surface area contributed by atoms with E-state index in [4.69, 9.17) is 23.2 Å². The summed E-state index contributed by atoms with van der Waals surface area (Å²) in [5.41, 5.74) is 1.85. The Labute approximate surface area is 215 Å². The number of halogens is 2. The summed E-state index contributed by atoms with van der Waals surface area (Å²) in [5.74, 6) is 1.52. The smallest absolute Gasteiger partial charge is 0.325 e. The van der Waals surface area contributed by atoms with Crippen molar-refractivity contribution in [3.05, 3.63) is 73.0 Å². The molecule has 180 valence electrons. The van der Waals surface area contributed by atoms with Crippen molar-refractivity contribution in [2.24, 2.45) is 5.11 Å². The third-order valence-electron chi connectivity index (χ3n) is 4.60. The van der Waals surface area contributed by atoms with Crippen molar-refractivity contribution in [3.63, 3.8) is 0 Å². The van der Waals surface area contributed by atoms with E-state index in [0.717, 1.165) is 17.2 Å². The number of aromatic nitrogens is 5. The van der Waals surface area contributed by atoms with Crippen LogP contribution in [0.2, 0.25) is 10.0 Å². The van der Waals surface area contributed by atoms with Gasteiger partial charge in [0.05, 0.1) is 0 Å². The maximum Gasteiger partial charge on any atom is 0.325 e. The zero-order valence-corrected chi connectivity index (χ0v) is 21.7. The number of nitrogens with zero attached hydrogens (tertiary/aromatic N) is 7. The molecule has 35 heavy (non-hydrogen) atoms. The summed E-state index contributed by atoms with van der Waals surface area (Å²) in [6, 6.07) is 12.4. The number of hydrogen-bond donors (Lipinski definition) is 2. The summed E-state index contributed by atoms with van der Waals surface area (Å²) in [6.07, 6.45) is 1.69. The van der Waals surface area contributed by atoms with Crippen LogP contribution in [0.5, 0.6) is 0 Å². The second-order valence-electron chi connectivity index (χ2n) is 7.80. The predicted octanol–water partition coefficient (Wildman–Crippen LogP) is 3.28. The topological polar surface area (TPSA) is 108 Å². The summed E-state index contributed by atoms with van der Waals surface area (Å²) in [4.78, 5) is 29.3. The van der Waals surface area contributed by atoms with Gasteiger partial charge >= 0.3 is 5.56 Å². The van der Waals surface area contributed by atoms with Gasteiger partial charge in [0.25, 0.3) is 0 Å². The van der Waals surface area contributed by atoms with Gasteiger partial charge in [-0.15, -0.1) is 0 Å². The third-order valence-corrected chi connectivity index (χ3v) is 6.00. The number of H-pyrrole nitrogens is 1. The molecule has 0 aliphatic heterocycles. The monoisotopic (exact) mass is 530 g/mol. The van der Waals surface area contributed by atoms with Crippen LogP contribution in [0.1, 0.15) is 5.56 Å². The molecule has 0 radical (unpaired) electrons. The zero-order chi connectivity index (χ0) is 25.1. The van der Waals surface area contributed by atoms with E-state index in [0.29, 0.717) is 43.7 Å². The Bertz CT molecular complexity index is 1510. The molecule has 2 N–H and O–H groups in total. The number of rotatable bonds is 6. The highest BCUT2D eigenvalue weighted by Gasteiger charge is 2.11. The van der Waals surface area contributed by atoms with Crippen LogP contribution in [-0.2, 0) is 0 Å². The minimum Gasteiger partial charge on any atom is -0.347 e. The van der Waals surface area contributed by atoms with Crippen molar-refractivity contribution in [2.75, 3.05) is 43.3 Å². The Balaban J connectivity index is 1.58. The molecule has 0 aliphatic rings. The van der Waals surface area contributed by atoms with Crippen molar-refractivity contribution < 1.29 is 3.87 Å². The Kier molecular flexibility index (Phi) is 7.29. The van der Waals surface area contributed by atoms with Crippen LogP contribution in [0.3, 0.4) is 0 Å². The second-order valence-corrected chi connectivity index (χ2v) is 9.61. The molecule has 0 saturated carbocycles.